The minimum Gasteiger partial charge on any atom is -0.481 e. The fourth-order valence-corrected chi connectivity index (χ4v) is 3.23. The molecule has 14 heavy (non-hydrogen) atoms. The fraction of sp³-hybridized carbons (Fsp3) is 0.300. The van der Waals surface area contributed by atoms with Crippen LogP contribution < -0.4 is 5.30 Å². The Morgan fingerprint density at radius 3 is 2.36 bits per heavy atom. The number of rotatable bonds is 4. The van der Waals surface area contributed by atoms with E-state index >= 15 is 0 Å². The van der Waals surface area contributed by atoms with E-state index in [2.05, 4.69) is 0 Å². The zero-order valence-electron chi connectivity index (χ0n) is 8.01. The zero-order chi connectivity index (χ0) is 10.6. The maximum atomic E-state index is 12.2. The summed E-state index contributed by atoms with van der Waals surface area (Å²) in [7, 11) is -2.71. The van der Waals surface area contributed by atoms with Gasteiger partial charge in [-0.15, -0.1) is 0 Å². The lowest BCUT2D eigenvalue weighted by molar-refractivity contribution is -0.134. The van der Waals surface area contributed by atoms with Crippen molar-refractivity contribution in [3.8, 4) is 0 Å². The summed E-state index contributed by atoms with van der Waals surface area (Å²) >= 11 is 0. The number of aliphatic carboxylic acids is 1. The molecule has 0 aromatic heterocycles. The van der Waals surface area contributed by atoms with Crippen LogP contribution in [0.1, 0.15) is 6.92 Å². The third-order valence-corrected chi connectivity index (χ3v) is 5.17. The van der Waals surface area contributed by atoms with Crippen LogP contribution in [0.3, 0.4) is 0 Å². The first kappa shape index (κ1) is 11.0. The van der Waals surface area contributed by atoms with Crippen molar-refractivity contribution in [3.05, 3.63) is 30.3 Å². The average Bonchev–Trinajstić information content (AvgIpc) is 2.18. The Labute approximate surface area is 83.1 Å². The summed E-state index contributed by atoms with van der Waals surface area (Å²) in [6, 6.07) is 8.84. The number of hydrogen-bond donors (Lipinski definition) is 1. The number of hydrogen-bond acceptors (Lipinski definition) is 2. The van der Waals surface area contributed by atoms with E-state index in [9.17, 15) is 9.36 Å². The highest BCUT2D eigenvalue weighted by molar-refractivity contribution is 7.72. The molecule has 0 aliphatic carbocycles. The van der Waals surface area contributed by atoms with Gasteiger partial charge in [0.1, 0.15) is 13.3 Å². The van der Waals surface area contributed by atoms with Gasteiger partial charge in [-0.1, -0.05) is 37.3 Å². The van der Waals surface area contributed by atoms with Crippen molar-refractivity contribution in [2.75, 3.05) is 12.3 Å². The molecule has 76 valence electrons. The van der Waals surface area contributed by atoms with Gasteiger partial charge in [-0.2, -0.15) is 0 Å². The van der Waals surface area contributed by atoms with E-state index < -0.39 is 13.1 Å². The van der Waals surface area contributed by atoms with E-state index in [0.29, 0.717) is 11.5 Å². The van der Waals surface area contributed by atoms with Crippen LogP contribution >= 0.6 is 7.14 Å². The second-order valence-electron chi connectivity index (χ2n) is 3.09. The van der Waals surface area contributed by atoms with E-state index in [1.54, 1.807) is 31.2 Å². The second-order valence-corrected chi connectivity index (χ2v) is 6.34. The quantitative estimate of drug-likeness (QED) is 0.774. The Kier molecular flexibility index (Phi) is 3.48. The maximum absolute atomic E-state index is 12.2. The van der Waals surface area contributed by atoms with Crippen LogP contribution in [0.5, 0.6) is 0 Å². The van der Waals surface area contributed by atoms with Gasteiger partial charge in [0, 0.05) is 11.5 Å². The molecule has 1 atom stereocenters. The van der Waals surface area contributed by atoms with Gasteiger partial charge in [0.15, 0.2) is 0 Å². The SMILES string of the molecule is CC[P@](=O)(CC(=O)O)c1ccccc1. The minimum atomic E-state index is -2.71. The van der Waals surface area contributed by atoms with Crippen LogP contribution in [0.25, 0.3) is 0 Å². The van der Waals surface area contributed by atoms with Crippen molar-refractivity contribution in [1.82, 2.24) is 0 Å². The number of benzene rings is 1. The lowest BCUT2D eigenvalue weighted by Crippen LogP contribution is -2.14. The molecule has 0 spiro atoms. The standard InChI is InChI=1S/C10H13O3P/c1-2-14(13,8-10(11)12)9-6-4-3-5-7-9/h3-7H,2,8H2,1H3,(H,11,12)/t14-/m0/s1. The van der Waals surface area contributed by atoms with E-state index in [1.807, 2.05) is 6.07 Å². The summed E-state index contributed by atoms with van der Waals surface area (Å²) in [5.74, 6) is -1.00. The van der Waals surface area contributed by atoms with Crippen LogP contribution in [-0.4, -0.2) is 23.4 Å². The van der Waals surface area contributed by atoms with Crippen molar-refractivity contribution in [2.45, 2.75) is 6.92 Å². The minimum absolute atomic E-state index is 0.256. The van der Waals surface area contributed by atoms with Crippen molar-refractivity contribution in [3.63, 3.8) is 0 Å². The highest BCUT2D eigenvalue weighted by Gasteiger charge is 2.25. The first-order valence-corrected chi connectivity index (χ1v) is 6.51. The van der Waals surface area contributed by atoms with Gasteiger partial charge in [0.25, 0.3) is 0 Å². The van der Waals surface area contributed by atoms with Crippen molar-refractivity contribution >= 4 is 18.4 Å². The molecule has 0 bridgehead atoms. The summed E-state index contributed by atoms with van der Waals surface area (Å²) in [6.07, 6.45) is 0.136. The van der Waals surface area contributed by atoms with E-state index in [0.717, 1.165) is 0 Å². The molecule has 1 aromatic rings. The molecule has 0 heterocycles. The summed E-state index contributed by atoms with van der Waals surface area (Å²) in [5.41, 5.74) is 0. The highest BCUT2D eigenvalue weighted by atomic mass is 31.2. The Morgan fingerprint density at radius 1 is 1.36 bits per heavy atom. The predicted molar refractivity (Wildman–Crippen MR) is 56.7 cm³/mol. The van der Waals surface area contributed by atoms with E-state index in [-0.39, 0.29) is 6.16 Å². The molecule has 0 unspecified atom stereocenters. The summed E-state index contributed by atoms with van der Waals surface area (Å²) < 4.78 is 12.2. The molecular weight excluding hydrogens is 199 g/mol. The van der Waals surface area contributed by atoms with Crippen LogP contribution in [0, 0.1) is 0 Å². The largest absolute Gasteiger partial charge is 0.481 e. The van der Waals surface area contributed by atoms with Gasteiger partial charge < -0.3 is 9.67 Å². The van der Waals surface area contributed by atoms with Gasteiger partial charge in [-0.25, -0.2) is 0 Å². The zero-order valence-corrected chi connectivity index (χ0v) is 8.91. The van der Waals surface area contributed by atoms with Crippen molar-refractivity contribution in [2.24, 2.45) is 0 Å². The normalized spacial score (nSPS) is 14.6. The average molecular weight is 212 g/mol. The molecule has 4 heteroatoms. The van der Waals surface area contributed by atoms with Crippen LogP contribution in [0.15, 0.2) is 30.3 Å². The maximum Gasteiger partial charge on any atom is 0.311 e. The van der Waals surface area contributed by atoms with E-state index in [1.165, 1.54) is 0 Å². The van der Waals surface area contributed by atoms with Crippen LogP contribution in [0.4, 0.5) is 0 Å². The molecule has 0 fully saturated rings. The first-order chi connectivity index (χ1) is 6.58. The molecule has 0 saturated heterocycles. The van der Waals surface area contributed by atoms with Gasteiger partial charge in [-0.3, -0.25) is 4.79 Å². The molecule has 0 aliphatic heterocycles. The van der Waals surface area contributed by atoms with Crippen molar-refractivity contribution in [1.29, 1.82) is 0 Å². The molecular formula is C10H13O3P. The highest BCUT2D eigenvalue weighted by Crippen LogP contribution is 2.43. The van der Waals surface area contributed by atoms with Gasteiger partial charge >= 0.3 is 5.97 Å². The number of carboxylic acids is 1. The molecule has 0 saturated carbocycles. The summed E-state index contributed by atoms with van der Waals surface area (Å²) in [6.45, 7) is 1.76. The van der Waals surface area contributed by atoms with Crippen LogP contribution in [-0.2, 0) is 9.36 Å². The summed E-state index contributed by atoms with van der Waals surface area (Å²) in [4.78, 5) is 10.6. The van der Waals surface area contributed by atoms with Crippen molar-refractivity contribution < 1.29 is 14.5 Å². The van der Waals surface area contributed by atoms with Crippen LogP contribution in [0.2, 0.25) is 0 Å². The molecule has 0 radical (unpaired) electrons. The number of carbonyl (C=O) groups is 1. The third-order valence-electron chi connectivity index (χ3n) is 2.13. The lowest BCUT2D eigenvalue weighted by Gasteiger charge is -2.13. The number of carboxylic acid groups (broad SMARTS) is 1. The Bertz CT molecular complexity index is 359. The smallest absolute Gasteiger partial charge is 0.311 e. The fourth-order valence-electron chi connectivity index (χ4n) is 1.30. The first-order valence-electron chi connectivity index (χ1n) is 4.44. The van der Waals surface area contributed by atoms with E-state index in [4.69, 9.17) is 5.11 Å². The molecule has 1 N–H and O–H groups in total. The lowest BCUT2D eigenvalue weighted by atomic mass is 10.4. The van der Waals surface area contributed by atoms with Gasteiger partial charge in [0.05, 0.1) is 0 Å². The third kappa shape index (κ3) is 2.46. The summed E-state index contributed by atoms with van der Waals surface area (Å²) in [5, 5.41) is 9.33. The molecule has 1 aromatic carbocycles. The van der Waals surface area contributed by atoms with Gasteiger partial charge in [-0.05, 0) is 0 Å². The second kappa shape index (κ2) is 4.43. The van der Waals surface area contributed by atoms with Gasteiger partial charge in [0.2, 0.25) is 0 Å². The molecule has 0 aliphatic rings. The predicted octanol–water partition coefficient (Wildman–Crippen LogP) is 1.78. The topological polar surface area (TPSA) is 54.4 Å². The Hall–Kier alpha value is -1.08. The Balaban J connectivity index is 3.02. The monoisotopic (exact) mass is 212 g/mol. The molecule has 1 rings (SSSR count). The molecule has 0 amide bonds. The molecule has 3 nitrogen and oxygen atoms in total. The Morgan fingerprint density at radius 2 is 1.93 bits per heavy atom.